The number of hydrogen-bond acceptors (Lipinski definition) is 7. The van der Waals surface area contributed by atoms with Gasteiger partial charge < -0.3 is 29.5 Å². The fraction of sp³-hybridized carbons (Fsp3) is 0.346. The average molecular weight is 837 g/mol. The molecule has 0 bridgehead atoms. The molecule has 0 fully saturated rings. The lowest BCUT2D eigenvalue weighted by Gasteiger charge is -2.26. The second-order valence-corrected chi connectivity index (χ2v) is 18.0. The number of carbonyl (C=O) groups excluding carboxylic acids is 4. The van der Waals surface area contributed by atoms with Gasteiger partial charge in [-0.1, -0.05) is 109 Å². The van der Waals surface area contributed by atoms with E-state index in [0.29, 0.717) is 26.2 Å². The summed E-state index contributed by atoms with van der Waals surface area (Å²) in [5.41, 5.74) is 3.01. The number of esters is 1. The molecule has 0 saturated heterocycles. The molecular weight excluding hydrogens is 777 g/mol. The van der Waals surface area contributed by atoms with Crippen LogP contribution >= 0.6 is 0 Å². The van der Waals surface area contributed by atoms with Gasteiger partial charge in [0.2, 0.25) is 11.8 Å². The Labute approximate surface area is 365 Å². The monoisotopic (exact) mass is 836 g/mol. The van der Waals surface area contributed by atoms with Crippen molar-refractivity contribution in [2.75, 3.05) is 27.7 Å². The SMILES string of the molecule is CN(Cc1c2ccccc2c(CNCC(=O)OC(C)(C)C)c2ccccc12)C(=O)CC=CCC(=O)N(C)Cc1c2ccccc2c(CN(C)C(=O)OC(C)(C)C)c2ccccc12. The Morgan fingerprint density at radius 2 is 0.790 bits per heavy atom. The van der Waals surface area contributed by atoms with Gasteiger partial charge in [-0.2, -0.15) is 0 Å². The maximum absolute atomic E-state index is 13.6. The number of hydrogen-bond donors (Lipinski definition) is 1. The molecule has 10 heteroatoms. The fourth-order valence-corrected chi connectivity index (χ4v) is 7.96. The maximum Gasteiger partial charge on any atom is 0.410 e. The normalized spacial score (nSPS) is 12.0. The molecule has 0 heterocycles. The molecule has 0 saturated carbocycles. The lowest BCUT2D eigenvalue weighted by molar-refractivity contribution is -0.153. The molecule has 0 aliphatic heterocycles. The van der Waals surface area contributed by atoms with Crippen LogP contribution in [0.1, 0.15) is 76.6 Å². The number of benzene rings is 6. The molecule has 324 valence electrons. The third-order valence-corrected chi connectivity index (χ3v) is 10.8. The first-order valence-corrected chi connectivity index (χ1v) is 21.2. The van der Waals surface area contributed by atoms with E-state index in [1.165, 1.54) is 0 Å². The summed E-state index contributed by atoms with van der Waals surface area (Å²) in [6.07, 6.45) is 3.48. The third kappa shape index (κ3) is 11.0. The highest BCUT2D eigenvalue weighted by atomic mass is 16.6. The van der Waals surface area contributed by atoms with Gasteiger partial charge in [0.05, 0.1) is 6.54 Å². The molecule has 0 aromatic heterocycles. The Morgan fingerprint density at radius 1 is 0.484 bits per heavy atom. The number of rotatable bonds is 14. The molecular formula is C52H60N4O6. The number of ether oxygens (including phenoxy) is 2. The van der Waals surface area contributed by atoms with E-state index in [-0.39, 0.29) is 37.2 Å². The van der Waals surface area contributed by atoms with Crippen molar-refractivity contribution in [2.45, 2.75) is 91.8 Å². The van der Waals surface area contributed by atoms with Crippen LogP contribution in [0.15, 0.2) is 109 Å². The minimum atomic E-state index is -0.607. The molecule has 0 aliphatic rings. The van der Waals surface area contributed by atoms with Gasteiger partial charge in [0, 0.05) is 60.2 Å². The molecule has 62 heavy (non-hydrogen) atoms. The first kappa shape index (κ1) is 45.3. The van der Waals surface area contributed by atoms with Gasteiger partial charge in [-0.25, -0.2) is 4.79 Å². The van der Waals surface area contributed by atoms with E-state index in [1.807, 2.05) is 97.1 Å². The summed E-state index contributed by atoms with van der Waals surface area (Å²) < 4.78 is 11.1. The minimum absolute atomic E-state index is 0.0614. The average Bonchev–Trinajstić information content (AvgIpc) is 3.22. The molecule has 3 amide bonds. The van der Waals surface area contributed by atoms with Crippen LogP contribution in [0.4, 0.5) is 4.79 Å². The smallest absolute Gasteiger partial charge is 0.410 e. The summed E-state index contributed by atoms with van der Waals surface area (Å²) >= 11 is 0. The van der Waals surface area contributed by atoms with Gasteiger partial charge >= 0.3 is 12.1 Å². The van der Waals surface area contributed by atoms with Crippen LogP contribution in [0, 0.1) is 0 Å². The topological polar surface area (TPSA) is 108 Å². The lowest BCUT2D eigenvalue weighted by Crippen LogP contribution is -2.34. The Morgan fingerprint density at radius 3 is 1.11 bits per heavy atom. The number of fused-ring (bicyclic) bond motifs is 4. The summed E-state index contributed by atoms with van der Waals surface area (Å²) in [6, 6.07) is 32.6. The van der Waals surface area contributed by atoms with Gasteiger partial charge in [-0.05, 0) is 107 Å². The van der Waals surface area contributed by atoms with Crippen molar-refractivity contribution in [1.29, 1.82) is 0 Å². The van der Waals surface area contributed by atoms with Crippen LogP contribution in [0.2, 0.25) is 0 Å². The molecule has 0 atom stereocenters. The molecule has 0 radical (unpaired) electrons. The Balaban J connectivity index is 1.12. The summed E-state index contributed by atoms with van der Waals surface area (Å²) in [7, 11) is 5.36. The molecule has 0 aliphatic carbocycles. The van der Waals surface area contributed by atoms with Crippen LogP contribution in [0.25, 0.3) is 43.1 Å². The number of carbonyl (C=O) groups is 4. The van der Waals surface area contributed by atoms with Crippen molar-refractivity contribution < 1.29 is 28.7 Å². The van der Waals surface area contributed by atoms with Crippen LogP contribution < -0.4 is 5.32 Å². The first-order valence-electron chi connectivity index (χ1n) is 21.2. The van der Waals surface area contributed by atoms with E-state index in [9.17, 15) is 19.2 Å². The van der Waals surface area contributed by atoms with E-state index in [4.69, 9.17) is 9.47 Å². The van der Waals surface area contributed by atoms with Crippen molar-refractivity contribution in [3.8, 4) is 0 Å². The Kier molecular flexibility index (Phi) is 14.0. The summed E-state index contributed by atoms with van der Waals surface area (Å²) in [5.74, 6) is -0.433. The maximum atomic E-state index is 13.6. The number of nitrogens with zero attached hydrogens (tertiary/aromatic N) is 3. The van der Waals surface area contributed by atoms with Gasteiger partial charge in [-0.3, -0.25) is 14.4 Å². The van der Waals surface area contributed by atoms with Crippen LogP contribution in [-0.4, -0.2) is 77.5 Å². The zero-order chi connectivity index (χ0) is 44.8. The highest BCUT2D eigenvalue weighted by molar-refractivity contribution is 6.07. The van der Waals surface area contributed by atoms with Crippen LogP contribution in [0.3, 0.4) is 0 Å². The fourth-order valence-electron chi connectivity index (χ4n) is 7.96. The first-order chi connectivity index (χ1) is 29.4. The van der Waals surface area contributed by atoms with E-state index in [2.05, 4.69) is 53.8 Å². The summed E-state index contributed by atoms with van der Waals surface area (Å²) in [5, 5.41) is 11.6. The third-order valence-electron chi connectivity index (χ3n) is 10.8. The quantitative estimate of drug-likeness (QED) is 0.0661. The van der Waals surface area contributed by atoms with Gasteiger partial charge in [0.1, 0.15) is 11.2 Å². The predicted octanol–water partition coefficient (Wildman–Crippen LogP) is 10.1. The van der Waals surface area contributed by atoms with Crippen LogP contribution in [0.5, 0.6) is 0 Å². The summed E-state index contributed by atoms with van der Waals surface area (Å²) in [6.45, 7) is 12.8. The van der Waals surface area contributed by atoms with Gasteiger partial charge in [0.25, 0.3) is 0 Å². The highest BCUT2D eigenvalue weighted by Gasteiger charge is 2.23. The van der Waals surface area contributed by atoms with Crippen molar-refractivity contribution in [2.24, 2.45) is 0 Å². The molecule has 6 aromatic rings. The lowest BCUT2D eigenvalue weighted by atomic mass is 9.91. The molecule has 0 unspecified atom stereocenters. The Hall–Kier alpha value is -6.26. The summed E-state index contributed by atoms with van der Waals surface area (Å²) in [4.78, 5) is 57.6. The van der Waals surface area contributed by atoms with Crippen molar-refractivity contribution in [1.82, 2.24) is 20.0 Å². The number of nitrogens with one attached hydrogen (secondary N) is 1. The second kappa shape index (κ2) is 19.2. The van der Waals surface area contributed by atoms with Gasteiger partial charge in [0.15, 0.2) is 0 Å². The highest BCUT2D eigenvalue weighted by Crippen LogP contribution is 2.36. The standard InChI is InChI=1S/C52H60N4O6/c1-51(2,3)61-49(59)31-53-30-43-35-20-10-12-22-37(35)44(38-23-13-11-21-36(38)43)32-54(7)47(57)28-18-19-29-48(58)55(8)33-45-39-24-14-16-26-41(39)46(42-27-17-15-25-40(42)45)34-56(9)50(60)62-52(4,5)6/h10-27,53H,28-34H2,1-9H3. The molecule has 0 spiro atoms. The van der Waals surface area contributed by atoms with Gasteiger partial charge in [-0.15, -0.1) is 0 Å². The number of amides is 3. The minimum Gasteiger partial charge on any atom is -0.459 e. The largest absolute Gasteiger partial charge is 0.459 e. The molecule has 10 nitrogen and oxygen atoms in total. The van der Waals surface area contributed by atoms with Crippen LogP contribution in [-0.2, 0) is 50.0 Å². The second-order valence-electron chi connectivity index (χ2n) is 18.0. The predicted molar refractivity (Wildman–Crippen MR) is 249 cm³/mol. The van der Waals surface area contributed by atoms with E-state index < -0.39 is 17.3 Å². The van der Waals surface area contributed by atoms with Crippen molar-refractivity contribution in [3.05, 3.63) is 131 Å². The molecule has 1 N–H and O–H groups in total. The molecule has 6 rings (SSSR count). The zero-order valence-electron chi connectivity index (χ0n) is 37.6. The van der Waals surface area contributed by atoms with E-state index >= 15 is 0 Å². The van der Waals surface area contributed by atoms with E-state index in [1.54, 1.807) is 40.9 Å². The van der Waals surface area contributed by atoms with Crippen molar-refractivity contribution >= 4 is 67.0 Å². The van der Waals surface area contributed by atoms with E-state index in [0.717, 1.165) is 65.3 Å². The Bertz CT molecular complexity index is 2540. The zero-order valence-corrected chi connectivity index (χ0v) is 37.6. The molecule has 6 aromatic carbocycles. The van der Waals surface area contributed by atoms with Crippen molar-refractivity contribution in [3.63, 3.8) is 0 Å².